The van der Waals surface area contributed by atoms with Gasteiger partial charge >= 0.3 is 0 Å². The SMILES string of the molecule is O=C1c2ccccc2C(=O)c2c1ccc1c(=O)c3ccccc3[nH]c21. The van der Waals surface area contributed by atoms with E-state index in [1.165, 1.54) is 0 Å². The normalized spacial score (nSPS) is 13.1. The van der Waals surface area contributed by atoms with Crippen molar-refractivity contribution >= 4 is 33.4 Å². The van der Waals surface area contributed by atoms with E-state index >= 15 is 0 Å². The van der Waals surface area contributed by atoms with Gasteiger partial charge in [0.1, 0.15) is 0 Å². The van der Waals surface area contributed by atoms with Crippen LogP contribution in [0.5, 0.6) is 0 Å². The van der Waals surface area contributed by atoms with Crippen LogP contribution in [0.1, 0.15) is 31.8 Å². The third-order valence-corrected chi connectivity index (χ3v) is 4.77. The van der Waals surface area contributed by atoms with E-state index in [2.05, 4.69) is 4.98 Å². The fourth-order valence-corrected chi connectivity index (χ4v) is 3.58. The maximum atomic E-state index is 13.0. The number of ketones is 2. The first-order valence-electron chi connectivity index (χ1n) is 7.93. The first-order valence-corrected chi connectivity index (χ1v) is 7.93. The molecule has 0 spiro atoms. The molecule has 4 nitrogen and oxygen atoms in total. The topological polar surface area (TPSA) is 67.0 Å². The molecule has 1 aliphatic carbocycles. The van der Waals surface area contributed by atoms with E-state index in [0.717, 1.165) is 0 Å². The van der Waals surface area contributed by atoms with Crippen LogP contribution in [0.4, 0.5) is 0 Å². The van der Waals surface area contributed by atoms with Gasteiger partial charge in [0, 0.05) is 33.0 Å². The standard InChI is InChI=1S/C21H11NO3/c23-19-11-5-1-2-6-12(11)21(25)17-14(19)9-10-15-18(17)22-16-8-4-3-7-13(16)20(15)24/h1-10H,(H,22,24). The molecule has 1 aromatic heterocycles. The Balaban J connectivity index is 1.97. The summed E-state index contributed by atoms with van der Waals surface area (Å²) in [6.45, 7) is 0. The third-order valence-electron chi connectivity index (χ3n) is 4.77. The van der Waals surface area contributed by atoms with Crippen LogP contribution in [0.2, 0.25) is 0 Å². The van der Waals surface area contributed by atoms with Crippen molar-refractivity contribution in [1.29, 1.82) is 0 Å². The van der Waals surface area contributed by atoms with Crippen LogP contribution >= 0.6 is 0 Å². The Morgan fingerprint density at radius 2 is 1.28 bits per heavy atom. The van der Waals surface area contributed by atoms with Gasteiger partial charge in [0.2, 0.25) is 0 Å². The minimum Gasteiger partial charge on any atom is -0.354 e. The monoisotopic (exact) mass is 325 g/mol. The smallest absolute Gasteiger partial charge is 0.197 e. The number of aromatic amines is 1. The molecule has 0 saturated carbocycles. The van der Waals surface area contributed by atoms with Crippen molar-refractivity contribution < 1.29 is 9.59 Å². The van der Waals surface area contributed by atoms with E-state index in [1.807, 2.05) is 6.07 Å². The number of H-pyrrole nitrogens is 1. The highest BCUT2D eigenvalue weighted by Crippen LogP contribution is 2.31. The van der Waals surface area contributed by atoms with Crippen molar-refractivity contribution in [3.05, 3.63) is 93.1 Å². The van der Waals surface area contributed by atoms with Crippen molar-refractivity contribution in [2.24, 2.45) is 0 Å². The Hall–Kier alpha value is -3.53. The molecule has 118 valence electrons. The van der Waals surface area contributed by atoms with E-state index in [0.29, 0.717) is 38.5 Å². The lowest BCUT2D eigenvalue weighted by molar-refractivity contribution is 0.0980. The van der Waals surface area contributed by atoms with Gasteiger partial charge in [0.05, 0.1) is 11.1 Å². The molecule has 0 atom stereocenters. The molecule has 0 bridgehead atoms. The molecular weight excluding hydrogens is 314 g/mol. The van der Waals surface area contributed by atoms with Gasteiger partial charge in [0.15, 0.2) is 17.0 Å². The summed E-state index contributed by atoms with van der Waals surface area (Å²) >= 11 is 0. The average Bonchev–Trinajstić information content (AvgIpc) is 2.65. The molecule has 3 aromatic carbocycles. The quantitative estimate of drug-likeness (QED) is 0.443. The first-order chi connectivity index (χ1) is 12.2. The number of carbonyl (C=O) groups is 2. The highest BCUT2D eigenvalue weighted by atomic mass is 16.1. The largest absolute Gasteiger partial charge is 0.354 e. The summed E-state index contributed by atoms with van der Waals surface area (Å²) in [5.41, 5.74) is 2.32. The second kappa shape index (κ2) is 4.74. The molecule has 0 unspecified atom stereocenters. The molecule has 0 fully saturated rings. The summed E-state index contributed by atoms with van der Waals surface area (Å²) in [4.78, 5) is 41.8. The van der Waals surface area contributed by atoms with Crippen molar-refractivity contribution in [3.63, 3.8) is 0 Å². The molecular formula is C21H11NO3. The van der Waals surface area contributed by atoms with Crippen LogP contribution in [-0.2, 0) is 0 Å². The molecule has 0 aliphatic heterocycles. The summed E-state index contributed by atoms with van der Waals surface area (Å²) < 4.78 is 0. The van der Waals surface area contributed by atoms with Crippen LogP contribution in [-0.4, -0.2) is 16.6 Å². The number of para-hydroxylation sites is 1. The van der Waals surface area contributed by atoms with Crippen LogP contribution in [0.15, 0.2) is 65.5 Å². The van der Waals surface area contributed by atoms with Crippen molar-refractivity contribution in [2.75, 3.05) is 0 Å². The van der Waals surface area contributed by atoms with Crippen LogP contribution < -0.4 is 5.43 Å². The predicted molar refractivity (Wildman–Crippen MR) is 95.4 cm³/mol. The number of rotatable bonds is 0. The Labute approximate surface area is 141 Å². The lowest BCUT2D eigenvalue weighted by atomic mass is 9.83. The number of hydrogen-bond donors (Lipinski definition) is 1. The maximum absolute atomic E-state index is 13.0. The lowest BCUT2D eigenvalue weighted by Gasteiger charge is -2.19. The van der Waals surface area contributed by atoms with E-state index in [4.69, 9.17) is 0 Å². The molecule has 1 aliphatic rings. The number of pyridine rings is 1. The first kappa shape index (κ1) is 13.9. The average molecular weight is 325 g/mol. The lowest BCUT2D eigenvalue weighted by Crippen LogP contribution is -2.22. The summed E-state index contributed by atoms with van der Waals surface area (Å²) in [5.74, 6) is -0.428. The number of carbonyl (C=O) groups excluding carboxylic acids is 2. The Bertz CT molecular complexity index is 1300. The molecule has 0 amide bonds. The van der Waals surface area contributed by atoms with Gasteiger partial charge in [0.25, 0.3) is 0 Å². The van der Waals surface area contributed by atoms with Gasteiger partial charge < -0.3 is 4.98 Å². The zero-order chi connectivity index (χ0) is 17.1. The van der Waals surface area contributed by atoms with Gasteiger partial charge in [-0.2, -0.15) is 0 Å². The molecule has 1 heterocycles. The van der Waals surface area contributed by atoms with E-state index in [1.54, 1.807) is 54.6 Å². The maximum Gasteiger partial charge on any atom is 0.197 e. The Kier molecular flexibility index (Phi) is 2.63. The fraction of sp³-hybridized carbons (Fsp3) is 0. The minimum atomic E-state index is -0.235. The summed E-state index contributed by atoms with van der Waals surface area (Å²) in [6.07, 6.45) is 0. The van der Waals surface area contributed by atoms with Crippen molar-refractivity contribution in [1.82, 2.24) is 4.98 Å². The summed E-state index contributed by atoms with van der Waals surface area (Å²) in [6, 6.07) is 17.1. The van der Waals surface area contributed by atoms with Crippen LogP contribution in [0.3, 0.4) is 0 Å². The highest BCUT2D eigenvalue weighted by Gasteiger charge is 2.31. The second-order valence-electron chi connectivity index (χ2n) is 6.11. The highest BCUT2D eigenvalue weighted by molar-refractivity contribution is 6.31. The summed E-state index contributed by atoms with van der Waals surface area (Å²) in [5, 5.41) is 0.975. The van der Waals surface area contributed by atoms with E-state index < -0.39 is 0 Å². The van der Waals surface area contributed by atoms with Gasteiger partial charge in [-0.3, -0.25) is 14.4 Å². The zero-order valence-electron chi connectivity index (χ0n) is 13.0. The fourth-order valence-electron chi connectivity index (χ4n) is 3.58. The number of benzene rings is 3. The Morgan fingerprint density at radius 1 is 0.600 bits per heavy atom. The van der Waals surface area contributed by atoms with E-state index in [-0.39, 0.29) is 22.6 Å². The Morgan fingerprint density at radius 3 is 2.08 bits per heavy atom. The van der Waals surface area contributed by atoms with Gasteiger partial charge in [-0.1, -0.05) is 36.4 Å². The molecule has 4 heteroatoms. The van der Waals surface area contributed by atoms with Gasteiger partial charge in [-0.05, 0) is 24.3 Å². The number of fused-ring (bicyclic) bond motifs is 5. The van der Waals surface area contributed by atoms with Crippen molar-refractivity contribution in [3.8, 4) is 0 Å². The van der Waals surface area contributed by atoms with Crippen LogP contribution in [0.25, 0.3) is 21.8 Å². The number of hydrogen-bond acceptors (Lipinski definition) is 3. The minimum absolute atomic E-state index is 0.147. The molecule has 1 N–H and O–H groups in total. The molecule has 0 saturated heterocycles. The van der Waals surface area contributed by atoms with Crippen molar-refractivity contribution in [2.45, 2.75) is 0 Å². The molecule has 0 radical (unpaired) electrons. The number of nitrogens with one attached hydrogen (secondary N) is 1. The van der Waals surface area contributed by atoms with Gasteiger partial charge in [-0.15, -0.1) is 0 Å². The number of aromatic nitrogens is 1. The van der Waals surface area contributed by atoms with Crippen LogP contribution in [0, 0.1) is 0 Å². The summed E-state index contributed by atoms with van der Waals surface area (Å²) in [7, 11) is 0. The third kappa shape index (κ3) is 1.73. The molecule has 5 rings (SSSR count). The zero-order valence-corrected chi connectivity index (χ0v) is 13.0. The molecule has 4 aromatic rings. The molecule has 25 heavy (non-hydrogen) atoms. The predicted octanol–water partition coefficient (Wildman–Crippen LogP) is 3.46. The van der Waals surface area contributed by atoms with Gasteiger partial charge in [-0.25, -0.2) is 0 Å². The van der Waals surface area contributed by atoms with E-state index in [9.17, 15) is 14.4 Å². The second-order valence-corrected chi connectivity index (χ2v) is 6.11.